The van der Waals surface area contributed by atoms with Crippen molar-refractivity contribution in [1.29, 1.82) is 0 Å². The number of fused-ring (bicyclic) bond motifs is 1. The molecule has 1 amide bonds. The molecule has 1 aliphatic rings. The molecule has 1 aliphatic heterocycles. The Labute approximate surface area is 216 Å². The van der Waals surface area contributed by atoms with Gasteiger partial charge in [-0.3, -0.25) is 14.5 Å². The predicted octanol–water partition coefficient (Wildman–Crippen LogP) is 6.11. The van der Waals surface area contributed by atoms with E-state index in [9.17, 15) is 19.8 Å². The Bertz CT molecular complexity index is 1560. The van der Waals surface area contributed by atoms with Crippen LogP contribution in [0.3, 0.4) is 0 Å². The number of halogens is 2. The zero-order valence-corrected chi connectivity index (χ0v) is 21.4. The van der Waals surface area contributed by atoms with Crippen molar-refractivity contribution >= 4 is 65.9 Å². The fourth-order valence-corrected chi connectivity index (χ4v) is 5.66. The van der Waals surface area contributed by atoms with Gasteiger partial charge in [0.15, 0.2) is 28.1 Å². The van der Waals surface area contributed by atoms with Gasteiger partial charge in [0.25, 0.3) is 5.91 Å². The van der Waals surface area contributed by atoms with Crippen LogP contribution in [-0.4, -0.2) is 34.0 Å². The molecule has 11 heteroatoms. The van der Waals surface area contributed by atoms with E-state index in [0.29, 0.717) is 21.9 Å². The first-order chi connectivity index (χ1) is 16.7. The Hall–Kier alpha value is -3.34. The molecule has 4 aromatic rings. The fourth-order valence-electron chi connectivity index (χ4n) is 3.94. The molecule has 2 aromatic carbocycles. The molecule has 0 saturated carbocycles. The summed E-state index contributed by atoms with van der Waals surface area (Å²) in [6.45, 7) is 1.68. The number of aliphatic hydroxyl groups is 1. The summed E-state index contributed by atoms with van der Waals surface area (Å²) < 4.78 is 11.8. The topological polar surface area (TPSA) is 113 Å². The maximum Gasteiger partial charge on any atom is 0.296 e. The summed E-state index contributed by atoms with van der Waals surface area (Å²) in [5.74, 6) is -1.71. The number of aliphatic hydroxyl groups excluding tert-OH is 1. The van der Waals surface area contributed by atoms with Crippen molar-refractivity contribution in [2.24, 2.45) is 0 Å². The summed E-state index contributed by atoms with van der Waals surface area (Å²) in [5, 5.41) is 22.0. The Balaban J connectivity index is 1.73. The minimum atomic E-state index is -1.08. The van der Waals surface area contributed by atoms with Crippen molar-refractivity contribution in [3.05, 3.63) is 80.4 Å². The average Bonchev–Trinajstić information content (AvgIpc) is 3.51. The monoisotopic (exact) mass is 574 g/mol. The number of nitrogens with zero attached hydrogens (tertiary/aromatic N) is 2. The Kier molecular flexibility index (Phi) is 5.82. The van der Waals surface area contributed by atoms with E-state index in [1.165, 1.54) is 35.5 Å². The number of hydrogen-bond acceptors (Lipinski definition) is 8. The number of ether oxygens (including phenoxy) is 1. The van der Waals surface area contributed by atoms with Crippen molar-refractivity contribution in [3.8, 4) is 11.5 Å². The standard InChI is InChI=1S/C24H16BrClN2O6S/c1-10-3-6-15(34-10)21(30)18-19(11-7-13(25)20(29)16(8-11)33-2)28(23(32)22(18)31)24-27-14-5-4-12(26)9-17(14)35-24/h3-9,19,29,31H,1-2H3. The number of thiazole rings is 1. The number of aromatic hydroxyl groups is 1. The number of methoxy groups -OCH3 is 1. The molecule has 2 aromatic heterocycles. The van der Waals surface area contributed by atoms with Crippen LogP contribution in [0, 0.1) is 6.92 Å². The summed E-state index contributed by atoms with van der Waals surface area (Å²) in [6.07, 6.45) is 0. The van der Waals surface area contributed by atoms with E-state index in [-0.39, 0.29) is 32.4 Å². The number of Topliss-reactive ketones (excluding diaryl/α,β-unsaturated/α-hetero) is 1. The largest absolute Gasteiger partial charge is 0.503 e. The number of phenolic OH excluding ortho intramolecular Hbond substituents is 1. The molecule has 5 rings (SSSR count). The highest BCUT2D eigenvalue weighted by atomic mass is 79.9. The molecule has 35 heavy (non-hydrogen) atoms. The van der Waals surface area contributed by atoms with Crippen LogP contribution in [0.1, 0.15) is 27.9 Å². The molecule has 0 spiro atoms. The number of benzene rings is 2. The van der Waals surface area contributed by atoms with Gasteiger partial charge in [0.1, 0.15) is 5.76 Å². The molecule has 0 radical (unpaired) electrons. The minimum absolute atomic E-state index is 0.0235. The van der Waals surface area contributed by atoms with Crippen LogP contribution < -0.4 is 9.64 Å². The lowest BCUT2D eigenvalue weighted by molar-refractivity contribution is -0.117. The van der Waals surface area contributed by atoms with Crippen LogP contribution in [0.4, 0.5) is 5.13 Å². The van der Waals surface area contributed by atoms with Gasteiger partial charge >= 0.3 is 0 Å². The number of ketones is 1. The van der Waals surface area contributed by atoms with Crippen molar-refractivity contribution in [1.82, 2.24) is 4.98 Å². The molecule has 2 N–H and O–H groups in total. The van der Waals surface area contributed by atoms with Gasteiger partial charge in [0.2, 0.25) is 5.78 Å². The number of carbonyl (C=O) groups is 2. The fraction of sp³-hybridized carbons (Fsp3) is 0.125. The molecule has 1 unspecified atom stereocenters. The smallest absolute Gasteiger partial charge is 0.296 e. The SMILES string of the molecule is COc1cc(C2C(C(=O)c3ccc(C)o3)=C(O)C(=O)N2c2nc3ccc(Cl)cc3s2)cc(Br)c1O. The maximum atomic E-state index is 13.5. The number of hydrogen-bond donors (Lipinski definition) is 2. The van der Waals surface area contributed by atoms with E-state index in [2.05, 4.69) is 20.9 Å². The zero-order chi connectivity index (χ0) is 25.0. The number of phenols is 1. The third-order valence-corrected chi connectivity index (χ3v) is 7.41. The van der Waals surface area contributed by atoms with Gasteiger partial charge in [0, 0.05) is 5.02 Å². The molecule has 1 atom stereocenters. The van der Waals surface area contributed by atoms with Crippen molar-refractivity contribution in [2.75, 3.05) is 12.0 Å². The highest BCUT2D eigenvalue weighted by molar-refractivity contribution is 9.10. The highest BCUT2D eigenvalue weighted by Crippen LogP contribution is 2.47. The van der Waals surface area contributed by atoms with Crippen molar-refractivity contribution in [3.63, 3.8) is 0 Å². The number of aryl methyl sites for hydroxylation is 1. The van der Waals surface area contributed by atoms with Crippen molar-refractivity contribution < 1.29 is 29.0 Å². The van der Waals surface area contributed by atoms with E-state index in [1.807, 2.05) is 0 Å². The van der Waals surface area contributed by atoms with Gasteiger partial charge in [-0.15, -0.1) is 0 Å². The van der Waals surface area contributed by atoms with Crippen LogP contribution in [-0.2, 0) is 4.79 Å². The quantitative estimate of drug-likeness (QED) is 0.276. The average molecular weight is 576 g/mol. The van der Waals surface area contributed by atoms with Crippen LogP contribution in [0.25, 0.3) is 10.2 Å². The summed E-state index contributed by atoms with van der Waals surface area (Å²) in [6, 6.07) is 10.2. The Morgan fingerprint density at radius 2 is 2.00 bits per heavy atom. The highest BCUT2D eigenvalue weighted by Gasteiger charge is 2.47. The molecule has 8 nitrogen and oxygen atoms in total. The van der Waals surface area contributed by atoms with Gasteiger partial charge in [-0.05, 0) is 70.9 Å². The maximum absolute atomic E-state index is 13.5. The summed E-state index contributed by atoms with van der Waals surface area (Å²) in [5.41, 5.74) is 0.820. The summed E-state index contributed by atoms with van der Waals surface area (Å²) >= 11 is 10.6. The van der Waals surface area contributed by atoms with Crippen LogP contribution in [0.15, 0.2) is 62.7 Å². The first-order valence-electron chi connectivity index (χ1n) is 10.2. The van der Waals surface area contributed by atoms with E-state index in [0.717, 1.165) is 4.70 Å². The van der Waals surface area contributed by atoms with Gasteiger partial charge in [0.05, 0.1) is 33.4 Å². The Morgan fingerprint density at radius 3 is 2.69 bits per heavy atom. The normalized spacial score (nSPS) is 15.9. The van der Waals surface area contributed by atoms with Gasteiger partial charge in [-0.25, -0.2) is 4.98 Å². The second kappa shape index (κ2) is 8.71. The molecule has 0 saturated heterocycles. The lowest BCUT2D eigenvalue weighted by atomic mass is 9.95. The number of amides is 1. The van der Waals surface area contributed by atoms with Crippen molar-refractivity contribution in [2.45, 2.75) is 13.0 Å². The van der Waals surface area contributed by atoms with Crippen LogP contribution >= 0.6 is 38.9 Å². The predicted molar refractivity (Wildman–Crippen MR) is 135 cm³/mol. The molecular weight excluding hydrogens is 560 g/mol. The lowest BCUT2D eigenvalue weighted by Crippen LogP contribution is -2.31. The minimum Gasteiger partial charge on any atom is -0.503 e. The van der Waals surface area contributed by atoms with E-state index < -0.39 is 23.5 Å². The van der Waals surface area contributed by atoms with Gasteiger partial charge in [-0.1, -0.05) is 22.9 Å². The second-order valence-corrected chi connectivity index (χ2v) is 10.0. The Morgan fingerprint density at radius 1 is 1.23 bits per heavy atom. The lowest BCUT2D eigenvalue weighted by Gasteiger charge is -2.25. The molecular formula is C24H16BrClN2O6S. The van der Waals surface area contributed by atoms with Crippen LogP contribution in [0.2, 0.25) is 5.02 Å². The van der Waals surface area contributed by atoms with E-state index >= 15 is 0 Å². The first-order valence-corrected chi connectivity index (χ1v) is 12.2. The number of anilines is 1. The molecule has 178 valence electrons. The third-order valence-electron chi connectivity index (χ3n) is 5.55. The van der Waals surface area contributed by atoms with Gasteiger partial charge < -0.3 is 19.4 Å². The molecule has 0 fully saturated rings. The number of furan rings is 1. The third kappa shape index (κ3) is 3.87. The number of aromatic nitrogens is 1. The zero-order valence-electron chi connectivity index (χ0n) is 18.2. The molecule has 0 aliphatic carbocycles. The summed E-state index contributed by atoms with van der Waals surface area (Å²) in [4.78, 5) is 32.7. The molecule has 3 heterocycles. The first kappa shape index (κ1) is 23.4. The molecule has 0 bridgehead atoms. The second-order valence-electron chi connectivity index (χ2n) is 7.74. The van der Waals surface area contributed by atoms with E-state index in [4.69, 9.17) is 20.8 Å². The van der Waals surface area contributed by atoms with Gasteiger partial charge in [-0.2, -0.15) is 0 Å². The number of rotatable bonds is 5. The van der Waals surface area contributed by atoms with E-state index in [1.54, 1.807) is 37.3 Å². The summed E-state index contributed by atoms with van der Waals surface area (Å²) in [7, 11) is 1.38. The van der Waals surface area contributed by atoms with Crippen LogP contribution in [0.5, 0.6) is 11.5 Å². The number of carbonyl (C=O) groups excluding carboxylic acids is 2.